The molecular formula is C8H14N6O4. The van der Waals surface area contributed by atoms with E-state index in [9.17, 15) is 14.7 Å². The Morgan fingerprint density at radius 2 is 2.17 bits per heavy atom. The first-order valence-electron chi connectivity index (χ1n) is 5.01. The summed E-state index contributed by atoms with van der Waals surface area (Å²) < 4.78 is 0. The molecule has 100 valence electrons. The van der Waals surface area contributed by atoms with Gasteiger partial charge in [-0.05, 0) is 12.1 Å². The van der Waals surface area contributed by atoms with Gasteiger partial charge in [0.15, 0.2) is 0 Å². The van der Waals surface area contributed by atoms with Crippen molar-refractivity contribution in [3.63, 3.8) is 0 Å². The molecule has 0 bridgehead atoms. The summed E-state index contributed by atoms with van der Waals surface area (Å²) in [6.07, 6.45) is -0.476. The Bertz CT molecular complexity index is 443. The number of tetrazole rings is 1. The number of nitrogens with one attached hydrogen (secondary N) is 2. The highest BCUT2D eigenvalue weighted by Gasteiger charge is 2.24. The molecule has 10 nitrogen and oxygen atoms in total. The van der Waals surface area contributed by atoms with Gasteiger partial charge in [0.1, 0.15) is 0 Å². The maximum absolute atomic E-state index is 11.4. The zero-order valence-electron chi connectivity index (χ0n) is 9.91. The van der Waals surface area contributed by atoms with E-state index in [1.54, 1.807) is 0 Å². The molecule has 0 radical (unpaired) electrons. The Morgan fingerprint density at radius 1 is 1.50 bits per heavy atom. The van der Waals surface area contributed by atoms with Crippen LogP contribution in [0.2, 0.25) is 0 Å². The summed E-state index contributed by atoms with van der Waals surface area (Å²) in [5, 5.41) is 33.5. The zero-order chi connectivity index (χ0) is 13.8. The second-order valence-corrected chi connectivity index (χ2v) is 3.98. The second kappa shape index (κ2) is 5.40. The van der Waals surface area contributed by atoms with Crippen molar-refractivity contribution in [2.75, 3.05) is 11.9 Å². The molecule has 0 saturated heterocycles. The van der Waals surface area contributed by atoms with E-state index in [-0.39, 0.29) is 12.5 Å². The minimum atomic E-state index is -1.53. The molecule has 1 aromatic heterocycles. The third-order valence-corrected chi connectivity index (χ3v) is 1.90. The lowest BCUT2D eigenvalue weighted by atomic mass is 10.0. The summed E-state index contributed by atoms with van der Waals surface area (Å²) in [4.78, 5) is 23.0. The molecule has 0 saturated carbocycles. The average molecular weight is 258 g/mol. The quantitative estimate of drug-likeness (QED) is 0.506. The van der Waals surface area contributed by atoms with Crippen molar-refractivity contribution in [2.24, 2.45) is 7.05 Å². The van der Waals surface area contributed by atoms with Crippen LogP contribution in [-0.4, -0.2) is 54.6 Å². The minimum Gasteiger partial charge on any atom is -0.481 e. The summed E-state index contributed by atoms with van der Waals surface area (Å²) in [7, 11) is 1.54. The van der Waals surface area contributed by atoms with Gasteiger partial charge in [-0.15, -0.1) is 5.10 Å². The molecule has 0 aliphatic heterocycles. The molecule has 2 amide bonds. The molecule has 0 aliphatic rings. The molecule has 1 aromatic rings. The van der Waals surface area contributed by atoms with Crippen LogP contribution >= 0.6 is 0 Å². The molecule has 18 heavy (non-hydrogen) atoms. The van der Waals surface area contributed by atoms with Crippen LogP contribution in [0.3, 0.4) is 0 Å². The predicted octanol–water partition coefficient (Wildman–Crippen LogP) is -1.44. The first-order chi connectivity index (χ1) is 8.28. The standard InChI is InChI=1S/C8H14N6O4/c1-8(18,3-5(15)16)4-9-7(17)10-6-11-13-14(2)12-6/h18H,3-4H2,1-2H3,(H,15,16)(H2,9,10,12,17). The van der Waals surface area contributed by atoms with Crippen LogP contribution in [0, 0.1) is 0 Å². The molecule has 1 atom stereocenters. The Morgan fingerprint density at radius 3 is 2.67 bits per heavy atom. The van der Waals surface area contributed by atoms with Crippen molar-refractivity contribution in [1.82, 2.24) is 25.5 Å². The van der Waals surface area contributed by atoms with Crippen molar-refractivity contribution >= 4 is 17.9 Å². The zero-order valence-corrected chi connectivity index (χ0v) is 9.91. The molecule has 1 heterocycles. The van der Waals surface area contributed by atoms with Crippen LogP contribution in [0.15, 0.2) is 0 Å². The van der Waals surface area contributed by atoms with E-state index in [4.69, 9.17) is 5.11 Å². The van der Waals surface area contributed by atoms with Gasteiger partial charge >= 0.3 is 12.0 Å². The van der Waals surface area contributed by atoms with Crippen LogP contribution in [0.25, 0.3) is 0 Å². The number of aromatic nitrogens is 4. The third-order valence-electron chi connectivity index (χ3n) is 1.90. The molecule has 1 rings (SSSR count). The number of amides is 2. The largest absolute Gasteiger partial charge is 0.481 e. The van der Waals surface area contributed by atoms with Gasteiger partial charge in [-0.2, -0.15) is 4.80 Å². The van der Waals surface area contributed by atoms with Crippen LogP contribution in [0.1, 0.15) is 13.3 Å². The number of carbonyl (C=O) groups excluding carboxylic acids is 1. The Hall–Kier alpha value is -2.23. The lowest BCUT2D eigenvalue weighted by Crippen LogP contribution is -2.43. The molecule has 0 fully saturated rings. The molecular weight excluding hydrogens is 244 g/mol. The maximum atomic E-state index is 11.4. The van der Waals surface area contributed by atoms with Crippen molar-refractivity contribution in [3.05, 3.63) is 0 Å². The highest BCUT2D eigenvalue weighted by atomic mass is 16.4. The number of nitrogens with zero attached hydrogens (tertiary/aromatic N) is 4. The number of aryl methyl sites for hydroxylation is 1. The number of aliphatic hydroxyl groups is 1. The van der Waals surface area contributed by atoms with E-state index in [0.717, 1.165) is 4.80 Å². The molecule has 0 aliphatic carbocycles. The van der Waals surface area contributed by atoms with Crippen molar-refractivity contribution in [1.29, 1.82) is 0 Å². The molecule has 10 heteroatoms. The van der Waals surface area contributed by atoms with Crippen molar-refractivity contribution in [2.45, 2.75) is 18.9 Å². The van der Waals surface area contributed by atoms with Gasteiger partial charge in [-0.25, -0.2) is 4.79 Å². The van der Waals surface area contributed by atoms with Crippen LogP contribution < -0.4 is 10.6 Å². The Kier molecular flexibility index (Phi) is 4.15. The summed E-state index contributed by atoms with van der Waals surface area (Å²) in [6.45, 7) is 1.09. The van der Waals surface area contributed by atoms with Gasteiger partial charge in [-0.1, -0.05) is 5.10 Å². The number of anilines is 1. The average Bonchev–Trinajstić information content (AvgIpc) is 2.59. The molecule has 0 spiro atoms. The molecule has 1 unspecified atom stereocenters. The Labute approximate surface area is 102 Å². The fourth-order valence-corrected chi connectivity index (χ4v) is 1.14. The number of carboxylic acid groups (broad SMARTS) is 1. The highest BCUT2D eigenvalue weighted by molar-refractivity contribution is 5.87. The fraction of sp³-hybridized carbons (Fsp3) is 0.625. The fourth-order valence-electron chi connectivity index (χ4n) is 1.14. The number of hydrogen-bond donors (Lipinski definition) is 4. The summed E-state index contributed by atoms with van der Waals surface area (Å²) in [5.41, 5.74) is -1.53. The SMILES string of the molecule is Cn1nnc(NC(=O)NCC(C)(O)CC(=O)O)n1. The first-order valence-corrected chi connectivity index (χ1v) is 5.01. The van der Waals surface area contributed by atoms with E-state index >= 15 is 0 Å². The smallest absolute Gasteiger partial charge is 0.321 e. The minimum absolute atomic E-state index is 0.00729. The van der Waals surface area contributed by atoms with E-state index in [1.165, 1.54) is 14.0 Å². The van der Waals surface area contributed by atoms with E-state index < -0.39 is 24.0 Å². The van der Waals surface area contributed by atoms with Crippen molar-refractivity contribution in [3.8, 4) is 0 Å². The van der Waals surface area contributed by atoms with Crippen LogP contribution in [-0.2, 0) is 11.8 Å². The number of carboxylic acids is 1. The monoisotopic (exact) mass is 258 g/mol. The number of rotatable bonds is 5. The third kappa shape index (κ3) is 4.74. The van der Waals surface area contributed by atoms with Gasteiger partial charge < -0.3 is 15.5 Å². The number of urea groups is 1. The number of carbonyl (C=O) groups is 2. The second-order valence-electron chi connectivity index (χ2n) is 3.98. The highest BCUT2D eigenvalue weighted by Crippen LogP contribution is 2.07. The van der Waals surface area contributed by atoms with E-state index in [0.29, 0.717) is 0 Å². The van der Waals surface area contributed by atoms with Crippen LogP contribution in [0.4, 0.5) is 10.7 Å². The van der Waals surface area contributed by atoms with E-state index in [1.807, 2.05) is 0 Å². The summed E-state index contributed by atoms with van der Waals surface area (Å²) in [5.74, 6) is -1.15. The topological polar surface area (TPSA) is 142 Å². The number of aliphatic carboxylic acids is 1. The predicted molar refractivity (Wildman–Crippen MR) is 58.7 cm³/mol. The maximum Gasteiger partial charge on any atom is 0.321 e. The van der Waals surface area contributed by atoms with Crippen LogP contribution in [0.5, 0.6) is 0 Å². The molecule has 4 N–H and O–H groups in total. The lowest BCUT2D eigenvalue weighted by Gasteiger charge is -2.21. The molecule has 0 aromatic carbocycles. The summed E-state index contributed by atoms with van der Waals surface area (Å²) >= 11 is 0. The van der Waals surface area contributed by atoms with E-state index in [2.05, 4.69) is 26.0 Å². The van der Waals surface area contributed by atoms with Gasteiger partial charge in [0, 0.05) is 6.54 Å². The van der Waals surface area contributed by atoms with Gasteiger partial charge in [0.25, 0.3) is 5.95 Å². The van der Waals surface area contributed by atoms with Gasteiger partial charge in [0.05, 0.1) is 19.1 Å². The van der Waals surface area contributed by atoms with Crippen molar-refractivity contribution < 1.29 is 19.8 Å². The normalized spacial score (nSPS) is 13.7. The first kappa shape index (κ1) is 13.8. The van der Waals surface area contributed by atoms with Gasteiger partial charge in [-0.3, -0.25) is 10.1 Å². The Balaban J connectivity index is 2.39. The van der Waals surface area contributed by atoms with Gasteiger partial charge in [0.2, 0.25) is 0 Å². The lowest BCUT2D eigenvalue weighted by molar-refractivity contribution is -0.141. The summed E-state index contributed by atoms with van der Waals surface area (Å²) in [6, 6.07) is -0.659. The number of hydrogen-bond acceptors (Lipinski definition) is 6.